The fourth-order valence-corrected chi connectivity index (χ4v) is 2.55. The van der Waals surface area contributed by atoms with Crippen molar-refractivity contribution in [3.63, 3.8) is 0 Å². The minimum absolute atomic E-state index is 0.297. The first-order valence-corrected chi connectivity index (χ1v) is 9.52. The fourth-order valence-electron chi connectivity index (χ4n) is 2.55. The monoisotopic (exact) mass is 300 g/mol. The molecule has 0 aliphatic heterocycles. The van der Waals surface area contributed by atoms with Crippen LogP contribution in [0.15, 0.2) is 0 Å². The molecule has 0 N–H and O–H groups in total. The molecule has 0 saturated heterocycles. The van der Waals surface area contributed by atoms with Gasteiger partial charge in [0.15, 0.2) is 5.79 Å². The van der Waals surface area contributed by atoms with Crippen molar-refractivity contribution in [1.82, 2.24) is 0 Å². The Kier molecular flexibility index (Phi) is 14.8. The molecule has 0 aromatic rings. The minimum atomic E-state index is -0.297. The molecular formula is C19H40O2. The molecule has 0 atom stereocenters. The summed E-state index contributed by atoms with van der Waals surface area (Å²) in [7, 11) is 0. The molecule has 0 fully saturated rings. The first kappa shape index (κ1) is 20.9. The second kappa shape index (κ2) is 14.8. The zero-order valence-corrected chi connectivity index (χ0v) is 15.2. The van der Waals surface area contributed by atoms with Crippen LogP contribution in [0.3, 0.4) is 0 Å². The van der Waals surface area contributed by atoms with E-state index in [-0.39, 0.29) is 5.79 Å². The summed E-state index contributed by atoms with van der Waals surface area (Å²) in [5.41, 5.74) is 0. The summed E-state index contributed by atoms with van der Waals surface area (Å²) in [5.74, 6) is -0.297. The summed E-state index contributed by atoms with van der Waals surface area (Å²) in [6, 6.07) is 0. The third kappa shape index (κ3) is 11.2. The van der Waals surface area contributed by atoms with E-state index in [4.69, 9.17) is 9.47 Å². The van der Waals surface area contributed by atoms with Gasteiger partial charge >= 0.3 is 0 Å². The van der Waals surface area contributed by atoms with Crippen molar-refractivity contribution in [2.24, 2.45) is 0 Å². The van der Waals surface area contributed by atoms with Crippen LogP contribution in [0.4, 0.5) is 0 Å². The molecule has 0 unspecified atom stereocenters. The average Bonchev–Trinajstić information content (AvgIpc) is 2.48. The first-order valence-electron chi connectivity index (χ1n) is 9.52. The number of hydrogen-bond acceptors (Lipinski definition) is 2. The number of hydrogen-bond donors (Lipinski definition) is 0. The quantitative estimate of drug-likeness (QED) is 0.240. The van der Waals surface area contributed by atoms with E-state index in [1.54, 1.807) is 0 Å². The van der Waals surface area contributed by atoms with Crippen LogP contribution in [0.2, 0.25) is 0 Å². The molecule has 0 bridgehead atoms. The van der Waals surface area contributed by atoms with Crippen molar-refractivity contribution in [1.29, 1.82) is 0 Å². The molecule has 21 heavy (non-hydrogen) atoms. The highest BCUT2D eigenvalue weighted by molar-refractivity contribution is 4.71. The lowest BCUT2D eigenvalue weighted by atomic mass is 10.00. The van der Waals surface area contributed by atoms with Gasteiger partial charge in [0.25, 0.3) is 0 Å². The summed E-state index contributed by atoms with van der Waals surface area (Å²) in [5, 5.41) is 0. The zero-order valence-electron chi connectivity index (χ0n) is 15.2. The van der Waals surface area contributed by atoms with Gasteiger partial charge in [0.05, 0.1) is 13.2 Å². The van der Waals surface area contributed by atoms with E-state index in [1.807, 2.05) is 0 Å². The van der Waals surface area contributed by atoms with E-state index in [0.717, 1.165) is 38.9 Å². The van der Waals surface area contributed by atoms with Gasteiger partial charge in [0.2, 0.25) is 0 Å². The van der Waals surface area contributed by atoms with Crippen LogP contribution in [0.5, 0.6) is 0 Å². The maximum atomic E-state index is 6.29. The lowest BCUT2D eigenvalue weighted by molar-refractivity contribution is -0.247. The molecule has 0 saturated carbocycles. The Morgan fingerprint density at radius 2 is 0.905 bits per heavy atom. The smallest absolute Gasteiger partial charge is 0.168 e. The molecule has 0 amide bonds. The van der Waals surface area contributed by atoms with Crippen LogP contribution >= 0.6 is 0 Å². The van der Waals surface area contributed by atoms with Gasteiger partial charge in [-0.05, 0) is 25.7 Å². The zero-order chi connectivity index (χ0) is 15.8. The van der Waals surface area contributed by atoms with E-state index >= 15 is 0 Å². The van der Waals surface area contributed by atoms with Gasteiger partial charge in [0.1, 0.15) is 0 Å². The summed E-state index contributed by atoms with van der Waals surface area (Å²) >= 11 is 0. The molecular weight excluding hydrogens is 260 g/mol. The van der Waals surface area contributed by atoms with Crippen LogP contribution in [-0.4, -0.2) is 19.0 Å². The third-order valence-corrected chi connectivity index (χ3v) is 4.05. The molecule has 0 aliphatic carbocycles. The van der Waals surface area contributed by atoms with Crippen LogP contribution in [0.25, 0.3) is 0 Å². The lowest BCUT2D eigenvalue weighted by Crippen LogP contribution is -2.37. The molecule has 0 spiro atoms. The Hall–Kier alpha value is -0.0800. The highest BCUT2D eigenvalue weighted by Gasteiger charge is 2.30. The third-order valence-electron chi connectivity index (χ3n) is 4.05. The van der Waals surface area contributed by atoms with E-state index in [1.165, 1.54) is 51.4 Å². The summed E-state index contributed by atoms with van der Waals surface area (Å²) in [6.07, 6.45) is 14.3. The van der Waals surface area contributed by atoms with Gasteiger partial charge in [-0.1, -0.05) is 66.2 Å². The SMILES string of the molecule is CCCCCC(CCCCC)(OCCCC)OCCCC. The van der Waals surface area contributed by atoms with E-state index in [0.29, 0.717) is 0 Å². The second-order valence-electron chi connectivity index (χ2n) is 6.23. The molecule has 0 heterocycles. The lowest BCUT2D eigenvalue weighted by Gasteiger charge is -2.34. The number of rotatable bonds is 16. The normalized spacial score (nSPS) is 12.0. The highest BCUT2D eigenvalue weighted by Crippen LogP contribution is 2.29. The summed E-state index contributed by atoms with van der Waals surface area (Å²) < 4.78 is 12.6. The van der Waals surface area contributed by atoms with Gasteiger partial charge in [-0.15, -0.1) is 0 Å². The molecule has 0 rings (SSSR count). The van der Waals surface area contributed by atoms with Crippen molar-refractivity contribution in [2.45, 2.75) is 111 Å². The maximum absolute atomic E-state index is 6.29. The summed E-state index contributed by atoms with van der Waals surface area (Å²) in [4.78, 5) is 0. The van der Waals surface area contributed by atoms with E-state index < -0.39 is 0 Å². The second-order valence-corrected chi connectivity index (χ2v) is 6.23. The van der Waals surface area contributed by atoms with Gasteiger partial charge in [-0.25, -0.2) is 0 Å². The Morgan fingerprint density at radius 1 is 0.524 bits per heavy atom. The van der Waals surface area contributed by atoms with Gasteiger partial charge in [0, 0.05) is 12.8 Å². The number of ether oxygens (including phenoxy) is 2. The molecule has 2 heteroatoms. The number of unbranched alkanes of at least 4 members (excludes halogenated alkanes) is 6. The maximum Gasteiger partial charge on any atom is 0.168 e. The Morgan fingerprint density at radius 3 is 1.24 bits per heavy atom. The topological polar surface area (TPSA) is 18.5 Å². The predicted molar refractivity (Wildman–Crippen MR) is 92.7 cm³/mol. The first-order chi connectivity index (χ1) is 10.2. The highest BCUT2D eigenvalue weighted by atomic mass is 16.7. The predicted octanol–water partition coefficient (Wildman–Crippen LogP) is 6.48. The van der Waals surface area contributed by atoms with Gasteiger partial charge < -0.3 is 9.47 Å². The van der Waals surface area contributed by atoms with Crippen LogP contribution in [-0.2, 0) is 9.47 Å². The van der Waals surface area contributed by atoms with Crippen molar-refractivity contribution >= 4 is 0 Å². The largest absolute Gasteiger partial charge is 0.350 e. The molecule has 128 valence electrons. The molecule has 0 radical (unpaired) electrons. The van der Waals surface area contributed by atoms with E-state index in [2.05, 4.69) is 27.7 Å². The average molecular weight is 301 g/mol. The van der Waals surface area contributed by atoms with Crippen LogP contribution in [0, 0.1) is 0 Å². The standard InChI is InChI=1S/C19H40O2/c1-5-9-13-15-19(16-14-10-6-2,20-17-11-7-3)21-18-12-8-4/h5-18H2,1-4H3. The fraction of sp³-hybridized carbons (Fsp3) is 1.00. The van der Waals surface area contributed by atoms with Gasteiger partial charge in [-0.3, -0.25) is 0 Å². The van der Waals surface area contributed by atoms with Crippen molar-refractivity contribution < 1.29 is 9.47 Å². The Bertz CT molecular complexity index is 158. The van der Waals surface area contributed by atoms with Crippen molar-refractivity contribution in [3.8, 4) is 0 Å². The van der Waals surface area contributed by atoms with Crippen molar-refractivity contribution in [3.05, 3.63) is 0 Å². The Balaban J connectivity index is 4.52. The summed E-state index contributed by atoms with van der Waals surface area (Å²) in [6.45, 7) is 10.7. The minimum Gasteiger partial charge on any atom is -0.350 e. The van der Waals surface area contributed by atoms with Gasteiger partial charge in [-0.2, -0.15) is 0 Å². The Labute approximate surface area is 134 Å². The van der Waals surface area contributed by atoms with E-state index in [9.17, 15) is 0 Å². The molecule has 0 aliphatic rings. The molecule has 0 aromatic carbocycles. The van der Waals surface area contributed by atoms with Crippen LogP contribution in [0.1, 0.15) is 105 Å². The molecule has 2 nitrogen and oxygen atoms in total. The van der Waals surface area contributed by atoms with Crippen LogP contribution < -0.4 is 0 Å². The molecule has 0 aromatic heterocycles. The van der Waals surface area contributed by atoms with Crippen molar-refractivity contribution in [2.75, 3.05) is 13.2 Å².